The number of carbonyl (C=O) groups is 1. The van der Waals surface area contributed by atoms with Crippen molar-refractivity contribution < 1.29 is 13.6 Å². The van der Waals surface area contributed by atoms with Gasteiger partial charge < -0.3 is 5.32 Å². The maximum Gasteiger partial charge on any atom is 0.346 e. The normalized spacial score (nSPS) is 11.0. The molecular formula is C18H17F2N5O2S. The zero-order chi connectivity index (χ0) is 20.1. The van der Waals surface area contributed by atoms with E-state index in [-0.39, 0.29) is 29.2 Å². The van der Waals surface area contributed by atoms with Crippen LogP contribution in [0, 0.1) is 0 Å². The van der Waals surface area contributed by atoms with Crippen molar-refractivity contribution in [3.05, 3.63) is 64.7 Å². The third-order valence-corrected chi connectivity index (χ3v) is 4.68. The maximum absolute atomic E-state index is 12.6. The molecule has 10 heteroatoms. The van der Waals surface area contributed by atoms with Crippen molar-refractivity contribution in [3.8, 4) is 11.5 Å². The highest BCUT2D eigenvalue weighted by Crippen LogP contribution is 2.28. The van der Waals surface area contributed by atoms with E-state index in [1.54, 1.807) is 43.6 Å². The van der Waals surface area contributed by atoms with Crippen molar-refractivity contribution >= 4 is 17.7 Å². The highest BCUT2D eigenvalue weighted by Gasteiger charge is 2.16. The van der Waals surface area contributed by atoms with Crippen LogP contribution in [0.4, 0.5) is 8.78 Å². The molecule has 0 bridgehead atoms. The van der Waals surface area contributed by atoms with Gasteiger partial charge in [-0.05, 0) is 24.3 Å². The van der Waals surface area contributed by atoms with Gasteiger partial charge in [0.1, 0.15) is 5.69 Å². The van der Waals surface area contributed by atoms with Gasteiger partial charge in [-0.2, -0.15) is 8.78 Å². The van der Waals surface area contributed by atoms with E-state index in [9.17, 15) is 18.4 Å². The van der Waals surface area contributed by atoms with Gasteiger partial charge in [0, 0.05) is 24.7 Å². The summed E-state index contributed by atoms with van der Waals surface area (Å²) in [5, 5.41) is 6.89. The SMILES string of the molecule is Cn1c(-c2ccccn2)nn(CCNC(=O)c2ccccc2SC(F)F)c1=O. The molecule has 7 nitrogen and oxygen atoms in total. The van der Waals surface area contributed by atoms with Gasteiger partial charge in [-0.1, -0.05) is 30.0 Å². The molecule has 0 aliphatic rings. The number of rotatable bonds is 7. The molecule has 0 aliphatic heterocycles. The Morgan fingerprint density at radius 1 is 1.21 bits per heavy atom. The van der Waals surface area contributed by atoms with Gasteiger partial charge in [-0.15, -0.1) is 5.10 Å². The predicted molar refractivity (Wildman–Crippen MR) is 101 cm³/mol. The molecular weight excluding hydrogens is 388 g/mol. The highest BCUT2D eigenvalue weighted by molar-refractivity contribution is 7.99. The molecule has 0 radical (unpaired) electrons. The monoisotopic (exact) mass is 405 g/mol. The number of alkyl halides is 2. The molecule has 3 aromatic rings. The fourth-order valence-corrected chi connectivity index (χ4v) is 3.21. The van der Waals surface area contributed by atoms with Crippen molar-refractivity contribution in [2.45, 2.75) is 17.2 Å². The fraction of sp³-hybridized carbons (Fsp3) is 0.222. The Balaban J connectivity index is 1.68. The second-order valence-electron chi connectivity index (χ2n) is 5.73. The first-order valence-electron chi connectivity index (χ1n) is 8.34. The molecule has 2 aromatic heterocycles. The Kier molecular flexibility index (Phi) is 6.19. The van der Waals surface area contributed by atoms with Crippen LogP contribution in [0.25, 0.3) is 11.5 Å². The minimum Gasteiger partial charge on any atom is -0.350 e. The number of nitrogens with one attached hydrogen (secondary N) is 1. The number of aromatic nitrogens is 4. The Bertz CT molecular complexity index is 1020. The van der Waals surface area contributed by atoms with Gasteiger partial charge in [0.25, 0.3) is 11.7 Å². The number of pyridine rings is 1. The lowest BCUT2D eigenvalue weighted by Gasteiger charge is -2.09. The molecule has 146 valence electrons. The zero-order valence-electron chi connectivity index (χ0n) is 14.9. The minimum atomic E-state index is -2.62. The van der Waals surface area contributed by atoms with E-state index in [1.807, 2.05) is 0 Å². The standard InChI is InChI=1S/C18H17F2N5O2S/c1-24-15(13-7-4-5-9-21-13)23-25(18(24)27)11-10-22-16(26)12-6-2-3-8-14(12)28-17(19)20/h2-9,17H,10-11H2,1H3,(H,22,26). The van der Waals surface area contributed by atoms with Crippen LogP contribution in [0.5, 0.6) is 0 Å². The lowest BCUT2D eigenvalue weighted by molar-refractivity contribution is 0.0949. The first kappa shape index (κ1) is 19.7. The highest BCUT2D eigenvalue weighted by atomic mass is 32.2. The van der Waals surface area contributed by atoms with Gasteiger partial charge in [0.2, 0.25) is 0 Å². The van der Waals surface area contributed by atoms with E-state index in [4.69, 9.17) is 0 Å². The van der Waals surface area contributed by atoms with Gasteiger partial charge >= 0.3 is 5.69 Å². The number of hydrogen-bond donors (Lipinski definition) is 1. The Morgan fingerprint density at radius 2 is 1.96 bits per heavy atom. The van der Waals surface area contributed by atoms with Crippen LogP contribution >= 0.6 is 11.8 Å². The van der Waals surface area contributed by atoms with E-state index in [0.717, 1.165) is 0 Å². The molecule has 0 aliphatic carbocycles. The summed E-state index contributed by atoms with van der Waals surface area (Å²) in [6.45, 7) is 0.250. The van der Waals surface area contributed by atoms with E-state index >= 15 is 0 Å². The van der Waals surface area contributed by atoms with Gasteiger partial charge in [-0.25, -0.2) is 9.48 Å². The number of benzene rings is 1. The lowest BCUT2D eigenvalue weighted by Crippen LogP contribution is -2.32. The van der Waals surface area contributed by atoms with Gasteiger partial charge in [0.15, 0.2) is 5.82 Å². The molecule has 1 aromatic carbocycles. The van der Waals surface area contributed by atoms with Crippen molar-refractivity contribution in [2.24, 2.45) is 7.05 Å². The van der Waals surface area contributed by atoms with Crippen LogP contribution in [-0.4, -0.2) is 37.5 Å². The van der Waals surface area contributed by atoms with Crippen LogP contribution in [0.3, 0.4) is 0 Å². The first-order chi connectivity index (χ1) is 13.5. The third-order valence-electron chi connectivity index (χ3n) is 3.89. The Hall–Kier alpha value is -3.01. The molecule has 3 rings (SSSR count). The summed E-state index contributed by atoms with van der Waals surface area (Å²) >= 11 is 0.317. The zero-order valence-corrected chi connectivity index (χ0v) is 15.7. The largest absolute Gasteiger partial charge is 0.350 e. The molecule has 1 N–H and O–H groups in total. The van der Waals surface area contributed by atoms with E-state index in [1.165, 1.54) is 21.4 Å². The molecule has 2 heterocycles. The van der Waals surface area contributed by atoms with Crippen molar-refractivity contribution in [2.75, 3.05) is 6.54 Å². The van der Waals surface area contributed by atoms with Gasteiger partial charge in [-0.3, -0.25) is 14.3 Å². The number of amides is 1. The summed E-state index contributed by atoms with van der Waals surface area (Å²) < 4.78 is 27.9. The molecule has 1 amide bonds. The van der Waals surface area contributed by atoms with E-state index in [0.29, 0.717) is 23.3 Å². The van der Waals surface area contributed by atoms with Crippen LogP contribution < -0.4 is 11.0 Å². The molecule has 0 unspecified atom stereocenters. The quantitative estimate of drug-likeness (QED) is 0.611. The van der Waals surface area contributed by atoms with Crippen LogP contribution in [0.15, 0.2) is 58.4 Å². The van der Waals surface area contributed by atoms with Gasteiger partial charge in [0.05, 0.1) is 12.1 Å². The van der Waals surface area contributed by atoms with Crippen LogP contribution in [-0.2, 0) is 13.6 Å². The smallest absolute Gasteiger partial charge is 0.346 e. The molecule has 0 saturated carbocycles. The number of hydrogen-bond acceptors (Lipinski definition) is 5. The third kappa shape index (κ3) is 4.45. The lowest BCUT2D eigenvalue weighted by atomic mass is 10.2. The fourth-order valence-electron chi connectivity index (χ4n) is 2.58. The second kappa shape index (κ2) is 8.79. The summed E-state index contributed by atoms with van der Waals surface area (Å²) in [5.41, 5.74) is 0.377. The molecule has 0 saturated heterocycles. The predicted octanol–water partition coefficient (Wildman–Crippen LogP) is 2.39. The van der Waals surface area contributed by atoms with Crippen LogP contribution in [0.1, 0.15) is 10.4 Å². The van der Waals surface area contributed by atoms with Crippen molar-refractivity contribution in [1.82, 2.24) is 24.6 Å². The number of carbonyl (C=O) groups excluding carboxylic acids is 1. The average molecular weight is 405 g/mol. The van der Waals surface area contributed by atoms with E-state index < -0.39 is 11.7 Å². The Morgan fingerprint density at radius 3 is 2.68 bits per heavy atom. The van der Waals surface area contributed by atoms with Crippen molar-refractivity contribution in [3.63, 3.8) is 0 Å². The molecule has 0 atom stereocenters. The summed E-state index contributed by atoms with van der Waals surface area (Å²) in [7, 11) is 1.59. The molecule has 0 spiro atoms. The topological polar surface area (TPSA) is 81.8 Å². The maximum atomic E-state index is 12.6. The first-order valence-corrected chi connectivity index (χ1v) is 9.22. The Labute approximate surface area is 163 Å². The summed E-state index contributed by atoms with van der Waals surface area (Å²) in [6.07, 6.45) is 1.61. The minimum absolute atomic E-state index is 0.116. The van der Waals surface area contributed by atoms with Crippen molar-refractivity contribution in [1.29, 1.82) is 0 Å². The number of thioether (sulfide) groups is 1. The number of nitrogens with zero attached hydrogens (tertiary/aromatic N) is 4. The summed E-state index contributed by atoms with van der Waals surface area (Å²) in [5.74, 6) is -2.70. The average Bonchev–Trinajstić information content (AvgIpc) is 2.97. The van der Waals surface area contributed by atoms with Crippen LogP contribution in [0.2, 0.25) is 0 Å². The molecule has 0 fully saturated rings. The molecule has 28 heavy (non-hydrogen) atoms. The number of halogens is 2. The summed E-state index contributed by atoms with van der Waals surface area (Å²) in [6, 6.07) is 11.4. The van der Waals surface area contributed by atoms with E-state index in [2.05, 4.69) is 15.4 Å². The second-order valence-corrected chi connectivity index (χ2v) is 6.77. The summed E-state index contributed by atoms with van der Waals surface area (Å²) in [4.78, 5) is 29.0.